The summed E-state index contributed by atoms with van der Waals surface area (Å²) in [6.07, 6.45) is 3.24. The van der Waals surface area contributed by atoms with E-state index in [9.17, 15) is 4.79 Å². The van der Waals surface area contributed by atoms with Crippen molar-refractivity contribution >= 4 is 22.5 Å². The van der Waals surface area contributed by atoms with Crippen LogP contribution < -0.4 is 10.2 Å². The van der Waals surface area contributed by atoms with Crippen LogP contribution in [0.5, 0.6) is 0 Å². The molecule has 1 aromatic carbocycles. The lowest BCUT2D eigenvalue weighted by Crippen LogP contribution is -2.35. The van der Waals surface area contributed by atoms with E-state index in [4.69, 9.17) is 0 Å². The van der Waals surface area contributed by atoms with Crippen molar-refractivity contribution in [3.63, 3.8) is 0 Å². The van der Waals surface area contributed by atoms with Gasteiger partial charge in [-0.1, -0.05) is 38.1 Å². The number of carbonyl (C=O) groups is 1. The highest BCUT2D eigenvalue weighted by molar-refractivity contribution is 6.07. The van der Waals surface area contributed by atoms with Crippen LogP contribution in [0.4, 0.5) is 5.82 Å². The molecule has 0 aliphatic carbocycles. The number of aromatic nitrogens is 2. The topological polar surface area (TPSA) is 58.1 Å². The normalized spacial score (nSPS) is 17.0. The zero-order valence-electron chi connectivity index (χ0n) is 14.7. The maximum absolute atomic E-state index is 12.5. The number of nitrogens with one attached hydrogen (secondary N) is 1. The lowest BCUT2D eigenvalue weighted by molar-refractivity contribution is 0.0935. The van der Waals surface area contributed by atoms with Crippen LogP contribution in [0.15, 0.2) is 24.3 Å². The molecule has 1 atom stereocenters. The van der Waals surface area contributed by atoms with Crippen molar-refractivity contribution in [3.05, 3.63) is 30.0 Å². The lowest BCUT2D eigenvalue weighted by Gasteiger charge is -2.31. The van der Waals surface area contributed by atoms with E-state index >= 15 is 0 Å². The second kappa shape index (κ2) is 7.16. The van der Waals surface area contributed by atoms with Crippen molar-refractivity contribution in [1.29, 1.82) is 0 Å². The van der Waals surface area contributed by atoms with E-state index in [0.717, 1.165) is 42.0 Å². The highest BCUT2D eigenvalue weighted by Crippen LogP contribution is 2.29. The number of benzene rings is 1. The molecule has 2 aromatic rings. The van der Waals surface area contributed by atoms with Crippen LogP contribution in [0.25, 0.3) is 10.8 Å². The Morgan fingerprint density at radius 2 is 1.92 bits per heavy atom. The quantitative estimate of drug-likeness (QED) is 0.935. The van der Waals surface area contributed by atoms with Gasteiger partial charge in [0.1, 0.15) is 0 Å². The van der Waals surface area contributed by atoms with E-state index in [0.29, 0.717) is 5.69 Å². The molecule has 3 rings (SSSR count). The minimum Gasteiger partial charge on any atom is -0.355 e. The first-order chi connectivity index (χ1) is 11.6. The van der Waals surface area contributed by atoms with Gasteiger partial charge < -0.3 is 10.2 Å². The maximum Gasteiger partial charge on any atom is 0.272 e. The Hall–Kier alpha value is -2.17. The number of amides is 1. The summed E-state index contributed by atoms with van der Waals surface area (Å²) in [7, 11) is 0. The molecule has 1 aliphatic heterocycles. The first-order valence-corrected chi connectivity index (χ1v) is 8.91. The van der Waals surface area contributed by atoms with E-state index in [2.05, 4.69) is 34.3 Å². The Morgan fingerprint density at radius 1 is 1.25 bits per heavy atom. The van der Waals surface area contributed by atoms with Crippen molar-refractivity contribution in [2.24, 2.45) is 5.92 Å². The number of rotatable bonds is 4. The first kappa shape index (κ1) is 16.7. The van der Waals surface area contributed by atoms with Gasteiger partial charge in [0.25, 0.3) is 5.91 Å². The average Bonchev–Trinajstić information content (AvgIpc) is 2.61. The fourth-order valence-corrected chi connectivity index (χ4v) is 3.11. The van der Waals surface area contributed by atoms with Crippen molar-refractivity contribution < 1.29 is 4.79 Å². The van der Waals surface area contributed by atoms with Gasteiger partial charge in [0.15, 0.2) is 11.5 Å². The summed E-state index contributed by atoms with van der Waals surface area (Å²) in [5.74, 6) is 1.52. The zero-order valence-corrected chi connectivity index (χ0v) is 14.7. The van der Waals surface area contributed by atoms with Gasteiger partial charge in [-0.2, -0.15) is 0 Å². The number of anilines is 1. The van der Waals surface area contributed by atoms with Gasteiger partial charge in [0, 0.05) is 29.9 Å². The molecule has 0 saturated carbocycles. The molecule has 1 fully saturated rings. The second-order valence-corrected chi connectivity index (χ2v) is 6.87. The standard InChI is InChI=1S/C19H26N4O/c1-4-14(3)20-19(24)17-15-7-5-6-8-16(15)18(22-21-17)23-11-9-13(2)10-12-23/h5-8,13-14H,4,9-12H2,1-3H3,(H,20,24). The van der Waals surface area contributed by atoms with Crippen LogP contribution in [0, 0.1) is 5.92 Å². The zero-order chi connectivity index (χ0) is 17.1. The molecule has 1 unspecified atom stereocenters. The third-order valence-corrected chi connectivity index (χ3v) is 4.96. The van der Waals surface area contributed by atoms with E-state index in [1.54, 1.807) is 0 Å². The van der Waals surface area contributed by atoms with E-state index < -0.39 is 0 Å². The van der Waals surface area contributed by atoms with Gasteiger partial charge in [-0.05, 0) is 32.1 Å². The van der Waals surface area contributed by atoms with Gasteiger partial charge in [-0.15, -0.1) is 10.2 Å². The molecule has 0 bridgehead atoms. The predicted molar refractivity (Wildman–Crippen MR) is 97.4 cm³/mol. The summed E-state index contributed by atoms with van der Waals surface area (Å²) in [5, 5.41) is 13.6. The van der Waals surface area contributed by atoms with Crippen LogP contribution >= 0.6 is 0 Å². The number of fused-ring (bicyclic) bond motifs is 1. The smallest absolute Gasteiger partial charge is 0.272 e. The van der Waals surface area contributed by atoms with Crippen LogP contribution in [0.2, 0.25) is 0 Å². The molecular formula is C19H26N4O. The molecule has 0 spiro atoms. The number of hydrogen-bond donors (Lipinski definition) is 1. The molecule has 5 heteroatoms. The number of hydrogen-bond acceptors (Lipinski definition) is 4. The van der Waals surface area contributed by atoms with Gasteiger partial charge in [-0.25, -0.2) is 0 Å². The van der Waals surface area contributed by atoms with E-state index in [1.807, 2.05) is 31.2 Å². The van der Waals surface area contributed by atoms with Crippen molar-refractivity contribution in [3.8, 4) is 0 Å². The van der Waals surface area contributed by atoms with E-state index in [-0.39, 0.29) is 11.9 Å². The molecule has 0 radical (unpaired) electrons. The molecule has 1 N–H and O–H groups in total. The summed E-state index contributed by atoms with van der Waals surface area (Å²) in [6.45, 7) is 8.34. The fraction of sp³-hybridized carbons (Fsp3) is 0.526. The highest BCUT2D eigenvalue weighted by atomic mass is 16.2. The molecule has 1 aromatic heterocycles. The SMILES string of the molecule is CCC(C)NC(=O)c1nnc(N2CCC(C)CC2)c2ccccc12. The molecule has 1 amide bonds. The van der Waals surface area contributed by atoms with Gasteiger partial charge >= 0.3 is 0 Å². The number of carbonyl (C=O) groups excluding carboxylic acids is 1. The Balaban J connectivity index is 1.97. The second-order valence-electron chi connectivity index (χ2n) is 6.87. The summed E-state index contributed by atoms with van der Waals surface area (Å²) in [6, 6.07) is 8.08. The summed E-state index contributed by atoms with van der Waals surface area (Å²) in [4.78, 5) is 14.8. The van der Waals surface area contributed by atoms with Gasteiger partial charge in [0.05, 0.1) is 0 Å². The fourth-order valence-electron chi connectivity index (χ4n) is 3.11. The summed E-state index contributed by atoms with van der Waals surface area (Å²) >= 11 is 0. The first-order valence-electron chi connectivity index (χ1n) is 8.91. The van der Waals surface area contributed by atoms with Gasteiger partial charge in [-0.3, -0.25) is 4.79 Å². The third kappa shape index (κ3) is 3.35. The Labute approximate surface area is 143 Å². The number of nitrogens with zero attached hydrogens (tertiary/aromatic N) is 3. The highest BCUT2D eigenvalue weighted by Gasteiger charge is 2.22. The lowest BCUT2D eigenvalue weighted by atomic mass is 9.99. The van der Waals surface area contributed by atoms with Crippen molar-refractivity contribution in [2.75, 3.05) is 18.0 Å². The van der Waals surface area contributed by atoms with Crippen LogP contribution in [0.3, 0.4) is 0 Å². The molecular weight excluding hydrogens is 300 g/mol. The Morgan fingerprint density at radius 3 is 2.58 bits per heavy atom. The molecule has 128 valence electrons. The minimum absolute atomic E-state index is 0.126. The van der Waals surface area contributed by atoms with Gasteiger partial charge in [0.2, 0.25) is 0 Å². The molecule has 24 heavy (non-hydrogen) atoms. The van der Waals surface area contributed by atoms with Crippen LogP contribution in [-0.2, 0) is 0 Å². The Kier molecular flexibility index (Phi) is 4.97. The van der Waals surface area contributed by atoms with Crippen LogP contribution in [0.1, 0.15) is 50.5 Å². The minimum atomic E-state index is -0.146. The van der Waals surface area contributed by atoms with E-state index in [1.165, 1.54) is 12.8 Å². The third-order valence-electron chi connectivity index (χ3n) is 4.96. The van der Waals surface area contributed by atoms with Crippen molar-refractivity contribution in [1.82, 2.24) is 15.5 Å². The average molecular weight is 326 g/mol. The largest absolute Gasteiger partial charge is 0.355 e. The Bertz CT molecular complexity index is 722. The van der Waals surface area contributed by atoms with Crippen molar-refractivity contribution in [2.45, 2.75) is 46.1 Å². The predicted octanol–water partition coefficient (Wildman–Crippen LogP) is 3.39. The molecule has 5 nitrogen and oxygen atoms in total. The summed E-state index contributed by atoms with van der Waals surface area (Å²) < 4.78 is 0. The monoisotopic (exact) mass is 326 g/mol. The molecule has 1 aliphatic rings. The summed E-state index contributed by atoms with van der Waals surface area (Å²) in [5.41, 5.74) is 0.417. The van der Waals surface area contributed by atoms with Crippen LogP contribution in [-0.4, -0.2) is 35.2 Å². The number of piperidine rings is 1. The molecule has 1 saturated heterocycles. The maximum atomic E-state index is 12.5. The molecule has 2 heterocycles.